The topological polar surface area (TPSA) is 17.1 Å². The summed E-state index contributed by atoms with van der Waals surface area (Å²) in [5, 5.41) is 2.15. The zero-order valence-corrected chi connectivity index (χ0v) is 8.69. The smallest absolute Gasteiger partial charge is 0.132 e. The quantitative estimate of drug-likeness (QED) is 0.670. The van der Waals surface area contributed by atoms with Gasteiger partial charge in [0.1, 0.15) is 5.78 Å². The molecule has 0 aliphatic heterocycles. The summed E-state index contributed by atoms with van der Waals surface area (Å²) >= 11 is 1.85. The Balaban J connectivity index is 2.10. The van der Waals surface area contributed by atoms with E-state index in [9.17, 15) is 4.79 Å². The highest BCUT2D eigenvalue weighted by molar-refractivity contribution is 7.10. The van der Waals surface area contributed by atoms with Crippen LogP contribution >= 0.6 is 11.3 Å². The lowest BCUT2D eigenvalue weighted by atomic mass is 9.86. The van der Waals surface area contributed by atoms with E-state index in [1.807, 2.05) is 11.3 Å². The van der Waals surface area contributed by atoms with Crippen molar-refractivity contribution in [1.29, 1.82) is 0 Å². The molecule has 2 heteroatoms. The number of hydrogen-bond donors (Lipinski definition) is 0. The molecule has 0 spiro atoms. The van der Waals surface area contributed by atoms with Crippen LogP contribution in [0.25, 0.3) is 0 Å². The summed E-state index contributed by atoms with van der Waals surface area (Å²) in [6, 6.07) is 2.18. The molecule has 0 aromatic carbocycles. The molecule has 0 atom stereocenters. The van der Waals surface area contributed by atoms with Gasteiger partial charge in [0, 0.05) is 17.7 Å². The maximum Gasteiger partial charge on any atom is 0.132 e. The number of carbonyl (C=O) groups is 1. The minimum atomic E-state index is 0.449. The van der Waals surface area contributed by atoms with E-state index >= 15 is 0 Å². The van der Waals surface area contributed by atoms with E-state index in [-0.39, 0.29) is 0 Å². The van der Waals surface area contributed by atoms with E-state index in [0.29, 0.717) is 11.7 Å². The summed E-state index contributed by atoms with van der Waals surface area (Å²) in [6.45, 7) is 2.17. The first kappa shape index (κ1) is 8.95. The predicted octanol–water partition coefficient (Wildman–Crippen LogP) is 3.28. The van der Waals surface area contributed by atoms with Crippen LogP contribution in [0.2, 0.25) is 0 Å². The molecule has 13 heavy (non-hydrogen) atoms. The minimum Gasteiger partial charge on any atom is -0.300 e. The molecule has 1 saturated carbocycles. The molecule has 0 amide bonds. The lowest BCUT2D eigenvalue weighted by molar-refractivity contribution is -0.120. The number of thiophene rings is 1. The van der Waals surface area contributed by atoms with Gasteiger partial charge in [0.2, 0.25) is 0 Å². The van der Waals surface area contributed by atoms with Crippen molar-refractivity contribution in [3.63, 3.8) is 0 Å². The second kappa shape index (κ2) is 3.62. The second-order valence-corrected chi connectivity index (χ2v) is 4.73. The number of ketones is 1. The highest BCUT2D eigenvalue weighted by atomic mass is 32.1. The Bertz CT molecular complexity index is 304. The third kappa shape index (κ3) is 1.83. The van der Waals surface area contributed by atoms with Crippen LogP contribution in [0, 0.1) is 6.92 Å². The molecule has 0 N–H and O–H groups in total. The minimum absolute atomic E-state index is 0.449. The molecule has 0 saturated heterocycles. The largest absolute Gasteiger partial charge is 0.300 e. The molecular weight excluding hydrogens is 180 g/mol. The van der Waals surface area contributed by atoms with Gasteiger partial charge in [-0.25, -0.2) is 0 Å². The van der Waals surface area contributed by atoms with E-state index in [4.69, 9.17) is 0 Å². The Morgan fingerprint density at radius 1 is 1.38 bits per heavy atom. The molecule has 1 aromatic rings. The van der Waals surface area contributed by atoms with Crippen LogP contribution in [0.5, 0.6) is 0 Å². The maximum atomic E-state index is 11.1. The van der Waals surface area contributed by atoms with Crippen molar-refractivity contribution in [1.82, 2.24) is 0 Å². The highest BCUT2D eigenvalue weighted by Gasteiger charge is 2.21. The molecular formula is C11H14OS. The third-order valence-corrected chi connectivity index (χ3v) is 4.00. The average molecular weight is 194 g/mol. The molecule has 1 aliphatic rings. The predicted molar refractivity (Wildman–Crippen MR) is 55.3 cm³/mol. The van der Waals surface area contributed by atoms with Gasteiger partial charge >= 0.3 is 0 Å². The zero-order valence-electron chi connectivity index (χ0n) is 7.88. The van der Waals surface area contributed by atoms with Crippen LogP contribution < -0.4 is 0 Å². The lowest BCUT2D eigenvalue weighted by Crippen LogP contribution is -2.11. The van der Waals surface area contributed by atoms with Gasteiger partial charge in [-0.2, -0.15) is 0 Å². The number of aryl methyl sites for hydroxylation is 1. The summed E-state index contributed by atoms with van der Waals surface area (Å²) < 4.78 is 0. The molecule has 1 fully saturated rings. The molecule has 0 radical (unpaired) electrons. The van der Waals surface area contributed by atoms with E-state index < -0.39 is 0 Å². The lowest BCUT2D eigenvalue weighted by Gasteiger charge is -2.20. The second-order valence-electron chi connectivity index (χ2n) is 3.78. The van der Waals surface area contributed by atoms with Crippen LogP contribution in [-0.4, -0.2) is 5.78 Å². The SMILES string of the molecule is Cc1ccsc1C1CCC(=O)CC1. The normalized spacial score (nSPS) is 19.3. The first-order valence-corrected chi connectivity index (χ1v) is 5.71. The van der Waals surface area contributed by atoms with Gasteiger partial charge in [0.25, 0.3) is 0 Å². The van der Waals surface area contributed by atoms with Gasteiger partial charge in [0.15, 0.2) is 0 Å². The molecule has 0 unspecified atom stereocenters. The fraction of sp³-hybridized carbons (Fsp3) is 0.545. The zero-order chi connectivity index (χ0) is 9.26. The van der Waals surface area contributed by atoms with E-state index in [2.05, 4.69) is 18.4 Å². The molecule has 0 bridgehead atoms. The Morgan fingerprint density at radius 2 is 2.08 bits per heavy atom. The van der Waals surface area contributed by atoms with Crippen molar-refractivity contribution >= 4 is 17.1 Å². The number of hydrogen-bond acceptors (Lipinski definition) is 2. The van der Waals surface area contributed by atoms with Crippen LogP contribution in [0.1, 0.15) is 42.0 Å². The summed E-state index contributed by atoms with van der Waals surface area (Å²) in [5.41, 5.74) is 1.41. The molecule has 1 aliphatic carbocycles. The monoisotopic (exact) mass is 194 g/mol. The molecule has 70 valence electrons. The standard InChI is InChI=1S/C11H14OS/c1-8-6-7-13-11(8)9-2-4-10(12)5-3-9/h6-7,9H,2-5H2,1H3. The number of carbonyl (C=O) groups excluding carboxylic acids is 1. The molecule has 2 rings (SSSR count). The van der Waals surface area contributed by atoms with Crippen LogP contribution in [0.15, 0.2) is 11.4 Å². The summed E-state index contributed by atoms with van der Waals surface area (Å²) in [4.78, 5) is 12.6. The van der Waals surface area contributed by atoms with Gasteiger partial charge in [-0.1, -0.05) is 0 Å². The summed E-state index contributed by atoms with van der Waals surface area (Å²) in [6.07, 6.45) is 3.73. The van der Waals surface area contributed by atoms with Crippen LogP contribution in [0.3, 0.4) is 0 Å². The van der Waals surface area contributed by atoms with Crippen molar-refractivity contribution in [3.05, 3.63) is 21.9 Å². The van der Waals surface area contributed by atoms with Crippen LogP contribution in [0.4, 0.5) is 0 Å². The summed E-state index contributed by atoms with van der Waals surface area (Å²) in [5.74, 6) is 1.11. The van der Waals surface area contributed by atoms with Gasteiger partial charge in [-0.3, -0.25) is 4.79 Å². The van der Waals surface area contributed by atoms with Gasteiger partial charge in [0.05, 0.1) is 0 Å². The number of rotatable bonds is 1. The maximum absolute atomic E-state index is 11.1. The highest BCUT2D eigenvalue weighted by Crippen LogP contribution is 2.35. The average Bonchev–Trinajstić information content (AvgIpc) is 2.53. The Kier molecular flexibility index (Phi) is 2.49. The van der Waals surface area contributed by atoms with Gasteiger partial charge < -0.3 is 0 Å². The van der Waals surface area contributed by atoms with E-state index in [1.165, 1.54) is 10.4 Å². The fourth-order valence-corrected chi connectivity index (χ4v) is 3.11. The van der Waals surface area contributed by atoms with Crippen LogP contribution in [-0.2, 0) is 4.79 Å². The van der Waals surface area contributed by atoms with Gasteiger partial charge in [-0.15, -0.1) is 11.3 Å². The first-order valence-electron chi connectivity index (χ1n) is 4.83. The van der Waals surface area contributed by atoms with Crippen molar-refractivity contribution in [2.45, 2.75) is 38.5 Å². The van der Waals surface area contributed by atoms with E-state index in [1.54, 1.807) is 0 Å². The van der Waals surface area contributed by atoms with Crippen molar-refractivity contribution < 1.29 is 4.79 Å². The van der Waals surface area contributed by atoms with Gasteiger partial charge in [-0.05, 0) is 42.7 Å². The Labute approximate surface area is 82.8 Å². The third-order valence-electron chi connectivity index (χ3n) is 2.82. The van der Waals surface area contributed by atoms with Crippen molar-refractivity contribution in [2.24, 2.45) is 0 Å². The first-order chi connectivity index (χ1) is 6.27. The summed E-state index contributed by atoms with van der Waals surface area (Å²) in [7, 11) is 0. The van der Waals surface area contributed by atoms with E-state index in [0.717, 1.165) is 25.7 Å². The van der Waals surface area contributed by atoms with Crippen molar-refractivity contribution in [3.8, 4) is 0 Å². The van der Waals surface area contributed by atoms with Crippen molar-refractivity contribution in [2.75, 3.05) is 0 Å². The molecule has 1 heterocycles. The fourth-order valence-electron chi connectivity index (χ4n) is 2.00. The molecule has 1 aromatic heterocycles. The Morgan fingerprint density at radius 3 is 2.62 bits per heavy atom. The number of Topliss-reactive ketones (excluding diaryl/α,β-unsaturated/α-hetero) is 1. The Hall–Kier alpha value is -0.630. The molecule has 1 nitrogen and oxygen atoms in total.